The van der Waals surface area contributed by atoms with E-state index in [1.54, 1.807) is 13.2 Å². The fourth-order valence-corrected chi connectivity index (χ4v) is 4.48. The Morgan fingerprint density at radius 3 is 2.71 bits per heavy atom. The number of hydrogen-bond donors (Lipinski definition) is 2. The normalized spacial score (nSPS) is 13.5. The molecule has 0 spiro atoms. The van der Waals surface area contributed by atoms with Crippen molar-refractivity contribution in [3.8, 4) is 0 Å². The maximum atomic E-state index is 12.4. The second kappa shape index (κ2) is 9.53. The minimum atomic E-state index is -3.45. The van der Waals surface area contributed by atoms with Gasteiger partial charge in [0.25, 0.3) is 0 Å². The Bertz CT molecular complexity index is 494. The summed E-state index contributed by atoms with van der Waals surface area (Å²) in [5, 5.41) is 5.16. The highest BCUT2D eigenvalue weighted by Crippen LogP contribution is 2.20. The van der Waals surface area contributed by atoms with Crippen LogP contribution < -0.4 is 10.0 Å². The number of sulfonamides is 1. The van der Waals surface area contributed by atoms with Crippen molar-refractivity contribution in [1.29, 1.82) is 0 Å². The summed E-state index contributed by atoms with van der Waals surface area (Å²) in [7, 11) is -1.87. The Morgan fingerprint density at radius 1 is 1.33 bits per heavy atom. The van der Waals surface area contributed by atoms with Gasteiger partial charge >= 0.3 is 0 Å². The second-order valence-corrected chi connectivity index (χ2v) is 7.87. The lowest BCUT2D eigenvalue weighted by Gasteiger charge is -2.16. The third kappa shape index (κ3) is 6.44. The van der Waals surface area contributed by atoms with Crippen LogP contribution >= 0.6 is 11.3 Å². The van der Waals surface area contributed by atoms with E-state index in [1.807, 2.05) is 12.3 Å². The van der Waals surface area contributed by atoms with Crippen molar-refractivity contribution in [3.05, 3.63) is 17.0 Å². The molecule has 0 saturated heterocycles. The molecule has 7 heteroatoms. The molecule has 122 valence electrons. The monoisotopic (exact) mass is 334 g/mol. The number of nitrogens with one attached hydrogen (secondary N) is 2. The predicted molar refractivity (Wildman–Crippen MR) is 87.2 cm³/mol. The number of hydrogen-bond acceptors (Lipinski definition) is 5. The molecule has 0 aliphatic rings. The lowest BCUT2D eigenvalue weighted by molar-refractivity contribution is 0.171. The molecule has 0 amide bonds. The van der Waals surface area contributed by atoms with Gasteiger partial charge in [0.2, 0.25) is 10.0 Å². The summed E-state index contributed by atoms with van der Waals surface area (Å²) in [6, 6.07) is 1.57. The minimum Gasteiger partial charge on any atom is -0.383 e. The first kappa shape index (κ1) is 18.6. The summed E-state index contributed by atoms with van der Waals surface area (Å²) in [6.45, 7) is 6.16. The first-order valence-corrected chi connectivity index (χ1v) is 9.69. The van der Waals surface area contributed by atoms with E-state index >= 15 is 0 Å². The van der Waals surface area contributed by atoms with Gasteiger partial charge in [-0.15, -0.1) is 11.3 Å². The first-order chi connectivity index (χ1) is 10.0. The van der Waals surface area contributed by atoms with E-state index in [0.717, 1.165) is 31.4 Å². The van der Waals surface area contributed by atoms with Gasteiger partial charge in [0.05, 0.1) is 6.61 Å². The van der Waals surface area contributed by atoms with E-state index in [-0.39, 0.29) is 6.04 Å². The molecule has 5 nitrogen and oxygen atoms in total. The van der Waals surface area contributed by atoms with Crippen molar-refractivity contribution in [2.75, 3.05) is 20.3 Å². The molecule has 1 unspecified atom stereocenters. The Morgan fingerprint density at radius 2 is 2.10 bits per heavy atom. The molecule has 0 aromatic carbocycles. The SMILES string of the molecule is CCCNCc1csc(S(=O)(=O)NC(CCC)COC)c1. The van der Waals surface area contributed by atoms with E-state index in [0.29, 0.717) is 17.4 Å². The number of methoxy groups -OCH3 is 1. The highest BCUT2D eigenvalue weighted by atomic mass is 32.2. The van der Waals surface area contributed by atoms with Crippen molar-refractivity contribution in [2.24, 2.45) is 0 Å². The molecule has 0 saturated carbocycles. The molecule has 0 aliphatic carbocycles. The van der Waals surface area contributed by atoms with E-state index in [4.69, 9.17) is 4.74 Å². The first-order valence-electron chi connectivity index (χ1n) is 7.32. The molecular weight excluding hydrogens is 308 g/mol. The Hall–Kier alpha value is -0.470. The van der Waals surface area contributed by atoms with Crippen LogP contribution in [0.1, 0.15) is 38.7 Å². The summed E-state index contributed by atoms with van der Waals surface area (Å²) in [5.41, 5.74) is 1.01. The number of ether oxygens (including phenoxy) is 1. The van der Waals surface area contributed by atoms with Crippen molar-refractivity contribution >= 4 is 21.4 Å². The molecule has 1 heterocycles. The van der Waals surface area contributed by atoms with Crippen molar-refractivity contribution in [1.82, 2.24) is 10.0 Å². The van der Waals surface area contributed by atoms with Crippen LogP contribution in [0.2, 0.25) is 0 Å². The third-order valence-electron chi connectivity index (χ3n) is 2.98. The Balaban J connectivity index is 2.68. The molecule has 0 fully saturated rings. The molecule has 1 aromatic rings. The molecule has 0 aliphatic heterocycles. The Kier molecular flexibility index (Phi) is 8.43. The van der Waals surface area contributed by atoms with E-state index in [2.05, 4.69) is 17.0 Å². The summed E-state index contributed by atoms with van der Waals surface area (Å²) in [6.07, 6.45) is 2.74. The van der Waals surface area contributed by atoms with Crippen LogP contribution in [0, 0.1) is 0 Å². The zero-order valence-electron chi connectivity index (χ0n) is 13.0. The highest BCUT2D eigenvalue weighted by molar-refractivity contribution is 7.91. The average molecular weight is 335 g/mol. The van der Waals surface area contributed by atoms with Gasteiger partial charge < -0.3 is 10.1 Å². The highest BCUT2D eigenvalue weighted by Gasteiger charge is 2.21. The molecule has 0 bridgehead atoms. The van der Waals surface area contributed by atoms with Crippen LogP contribution in [0.3, 0.4) is 0 Å². The smallest absolute Gasteiger partial charge is 0.250 e. The molecule has 2 N–H and O–H groups in total. The Labute approximate surface area is 132 Å². The zero-order chi connectivity index (χ0) is 15.7. The quantitative estimate of drug-likeness (QED) is 0.610. The molecule has 1 atom stereocenters. The van der Waals surface area contributed by atoms with Crippen LogP contribution in [-0.4, -0.2) is 34.7 Å². The predicted octanol–water partition coefficient (Wildman–Crippen LogP) is 2.34. The van der Waals surface area contributed by atoms with Gasteiger partial charge in [0, 0.05) is 19.7 Å². The fraction of sp³-hybridized carbons (Fsp3) is 0.714. The van der Waals surface area contributed by atoms with Crippen LogP contribution in [-0.2, 0) is 21.3 Å². The lowest BCUT2D eigenvalue weighted by Crippen LogP contribution is -2.37. The van der Waals surface area contributed by atoms with Gasteiger partial charge in [-0.3, -0.25) is 0 Å². The minimum absolute atomic E-state index is 0.172. The van der Waals surface area contributed by atoms with Gasteiger partial charge in [-0.2, -0.15) is 0 Å². The van der Waals surface area contributed by atoms with E-state index < -0.39 is 10.0 Å². The summed E-state index contributed by atoms with van der Waals surface area (Å²) >= 11 is 1.26. The van der Waals surface area contributed by atoms with Crippen LogP contribution in [0.25, 0.3) is 0 Å². The van der Waals surface area contributed by atoms with Gasteiger partial charge in [0.15, 0.2) is 0 Å². The van der Waals surface area contributed by atoms with Crippen molar-refractivity contribution in [3.63, 3.8) is 0 Å². The summed E-state index contributed by atoms with van der Waals surface area (Å²) < 4.78 is 32.9. The van der Waals surface area contributed by atoms with E-state index in [9.17, 15) is 8.42 Å². The fourth-order valence-electron chi connectivity index (χ4n) is 2.00. The standard InChI is InChI=1S/C14H26N2O3S2/c1-4-6-13(10-19-3)16-21(17,18)14-8-12(11-20-14)9-15-7-5-2/h8,11,13,15-16H,4-7,9-10H2,1-3H3. The third-order valence-corrected chi connectivity index (χ3v) is 5.99. The van der Waals surface area contributed by atoms with Gasteiger partial charge in [-0.25, -0.2) is 13.1 Å². The molecule has 1 aromatic heterocycles. The number of thiophene rings is 1. The topological polar surface area (TPSA) is 67.4 Å². The molecule has 1 rings (SSSR count). The maximum absolute atomic E-state index is 12.4. The lowest BCUT2D eigenvalue weighted by atomic mass is 10.2. The van der Waals surface area contributed by atoms with Crippen molar-refractivity contribution in [2.45, 2.75) is 49.9 Å². The zero-order valence-corrected chi connectivity index (χ0v) is 14.6. The van der Waals surface area contributed by atoms with Crippen LogP contribution in [0.15, 0.2) is 15.7 Å². The van der Waals surface area contributed by atoms with Crippen molar-refractivity contribution < 1.29 is 13.2 Å². The van der Waals surface area contributed by atoms with Crippen LogP contribution in [0.4, 0.5) is 0 Å². The summed E-state index contributed by atoms with van der Waals surface area (Å²) in [4.78, 5) is 0. The largest absolute Gasteiger partial charge is 0.383 e. The number of rotatable bonds is 11. The summed E-state index contributed by atoms with van der Waals surface area (Å²) in [5.74, 6) is 0. The molecule has 0 radical (unpaired) electrons. The molecular formula is C14H26N2O3S2. The molecule has 21 heavy (non-hydrogen) atoms. The van der Waals surface area contributed by atoms with E-state index in [1.165, 1.54) is 11.3 Å². The van der Waals surface area contributed by atoms with Gasteiger partial charge in [-0.05, 0) is 36.4 Å². The van der Waals surface area contributed by atoms with Crippen LogP contribution in [0.5, 0.6) is 0 Å². The van der Waals surface area contributed by atoms with Gasteiger partial charge in [-0.1, -0.05) is 20.3 Å². The second-order valence-electron chi connectivity index (χ2n) is 5.01. The maximum Gasteiger partial charge on any atom is 0.250 e. The van der Waals surface area contributed by atoms with Gasteiger partial charge in [0.1, 0.15) is 4.21 Å². The average Bonchev–Trinajstić information content (AvgIpc) is 2.89.